The molecule has 2 N–H and O–H groups in total. The minimum atomic E-state index is -0.419. The number of carbonyl (C=O) groups is 3. The molecule has 3 amide bonds. The molecule has 3 rings (SSSR count). The molecule has 2 aromatic carbocycles. The van der Waals surface area contributed by atoms with Crippen molar-refractivity contribution in [2.45, 2.75) is 19.5 Å². The molecule has 28 heavy (non-hydrogen) atoms. The highest BCUT2D eigenvalue weighted by Crippen LogP contribution is 2.29. The van der Waals surface area contributed by atoms with Crippen LogP contribution < -0.4 is 15.5 Å². The first-order valence-corrected chi connectivity index (χ1v) is 9.12. The summed E-state index contributed by atoms with van der Waals surface area (Å²) in [5.41, 5.74) is 2.94. The van der Waals surface area contributed by atoms with E-state index in [1.165, 1.54) is 4.90 Å². The maximum Gasteiger partial charge on any atom is 0.251 e. The molecular formula is C21H24N4O3. The topological polar surface area (TPSA) is 81.8 Å². The van der Waals surface area contributed by atoms with Gasteiger partial charge < -0.3 is 10.6 Å². The van der Waals surface area contributed by atoms with Crippen LogP contribution in [0.15, 0.2) is 48.5 Å². The van der Waals surface area contributed by atoms with Crippen LogP contribution in [0.5, 0.6) is 0 Å². The lowest BCUT2D eigenvalue weighted by Gasteiger charge is -2.33. The smallest absolute Gasteiger partial charge is 0.251 e. The highest BCUT2D eigenvalue weighted by Gasteiger charge is 2.31. The molecule has 7 nitrogen and oxygen atoms in total. The lowest BCUT2D eigenvalue weighted by Crippen LogP contribution is -2.50. The molecule has 146 valence electrons. The van der Waals surface area contributed by atoms with Crippen LogP contribution in [0.2, 0.25) is 0 Å². The molecule has 1 aliphatic rings. The van der Waals surface area contributed by atoms with Gasteiger partial charge >= 0.3 is 0 Å². The van der Waals surface area contributed by atoms with Gasteiger partial charge in [-0.2, -0.15) is 0 Å². The second-order valence-electron chi connectivity index (χ2n) is 6.86. The maximum atomic E-state index is 13.1. The van der Waals surface area contributed by atoms with E-state index < -0.39 is 6.04 Å². The Morgan fingerprint density at radius 1 is 1.18 bits per heavy atom. The first kappa shape index (κ1) is 19.6. The normalized spacial score (nSPS) is 14.3. The third-order valence-corrected chi connectivity index (χ3v) is 4.93. The highest BCUT2D eigenvalue weighted by atomic mass is 16.2. The number of hydrogen-bond donors (Lipinski definition) is 2. The van der Waals surface area contributed by atoms with Crippen LogP contribution in [-0.4, -0.2) is 49.3 Å². The third kappa shape index (κ3) is 4.04. The molecular weight excluding hydrogens is 356 g/mol. The monoisotopic (exact) mass is 380 g/mol. The molecule has 0 fully saturated rings. The molecule has 7 heteroatoms. The molecule has 0 bridgehead atoms. The number of rotatable bonds is 5. The van der Waals surface area contributed by atoms with Crippen LogP contribution in [0, 0.1) is 0 Å². The Morgan fingerprint density at radius 2 is 1.86 bits per heavy atom. The van der Waals surface area contributed by atoms with Gasteiger partial charge in [-0.05, 0) is 43.8 Å². The van der Waals surface area contributed by atoms with Gasteiger partial charge in [0, 0.05) is 19.2 Å². The van der Waals surface area contributed by atoms with Gasteiger partial charge in [-0.25, -0.2) is 0 Å². The molecule has 1 aliphatic heterocycles. The number of fused-ring (bicyclic) bond motifs is 1. The second-order valence-corrected chi connectivity index (χ2v) is 6.86. The van der Waals surface area contributed by atoms with E-state index in [2.05, 4.69) is 10.6 Å². The van der Waals surface area contributed by atoms with Crippen LogP contribution in [0.3, 0.4) is 0 Å². The van der Waals surface area contributed by atoms with Gasteiger partial charge in [0.15, 0.2) is 0 Å². The quantitative estimate of drug-likeness (QED) is 0.830. The van der Waals surface area contributed by atoms with Crippen molar-refractivity contribution in [2.75, 3.05) is 30.9 Å². The predicted octanol–water partition coefficient (Wildman–Crippen LogP) is 1.85. The zero-order chi connectivity index (χ0) is 20.3. The Morgan fingerprint density at radius 3 is 2.54 bits per heavy atom. The van der Waals surface area contributed by atoms with Crippen molar-refractivity contribution >= 4 is 29.1 Å². The number of para-hydroxylation sites is 2. The van der Waals surface area contributed by atoms with E-state index in [9.17, 15) is 14.4 Å². The summed E-state index contributed by atoms with van der Waals surface area (Å²) >= 11 is 0. The average Bonchev–Trinajstić information content (AvgIpc) is 2.71. The Hall–Kier alpha value is -3.19. The van der Waals surface area contributed by atoms with Crippen molar-refractivity contribution in [2.24, 2.45) is 0 Å². The van der Waals surface area contributed by atoms with Crippen molar-refractivity contribution in [3.05, 3.63) is 59.7 Å². The lowest BCUT2D eigenvalue weighted by molar-refractivity contribution is -0.125. The van der Waals surface area contributed by atoms with Gasteiger partial charge in [0.05, 0.1) is 17.4 Å². The van der Waals surface area contributed by atoms with Crippen molar-refractivity contribution in [1.82, 2.24) is 10.2 Å². The van der Waals surface area contributed by atoms with Gasteiger partial charge in [-0.1, -0.05) is 24.3 Å². The van der Waals surface area contributed by atoms with E-state index in [0.717, 1.165) is 5.56 Å². The molecule has 2 aromatic rings. The maximum absolute atomic E-state index is 13.1. The number of amides is 3. The van der Waals surface area contributed by atoms with Gasteiger partial charge in [0.1, 0.15) is 6.54 Å². The summed E-state index contributed by atoms with van der Waals surface area (Å²) in [6.45, 7) is 2.38. The molecule has 0 saturated carbocycles. The number of hydrogen-bond acceptors (Lipinski definition) is 4. The van der Waals surface area contributed by atoms with Crippen molar-refractivity contribution in [3.8, 4) is 0 Å². The summed E-state index contributed by atoms with van der Waals surface area (Å²) in [6.07, 6.45) is 0. The van der Waals surface area contributed by atoms with Crippen molar-refractivity contribution in [3.63, 3.8) is 0 Å². The van der Waals surface area contributed by atoms with E-state index in [-0.39, 0.29) is 24.3 Å². The lowest BCUT2D eigenvalue weighted by atomic mass is 10.1. The number of nitrogens with zero attached hydrogens (tertiary/aromatic N) is 2. The molecule has 0 saturated heterocycles. The molecule has 0 radical (unpaired) electrons. The van der Waals surface area contributed by atoms with E-state index in [0.29, 0.717) is 23.5 Å². The Bertz CT molecular complexity index is 895. The zero-order valence-electron chi connectivity index (χ0n) is 16.2. The van der Waals surface area contributed by atoms with Crippen LogP contribution in [0.1, 0.15) is 22.8 Å². The van der Waals surface area contributed by atoms with Crippen LogP contribution in [-0.2, 0) is 16.1 Å². The SMILES string of the molecule is CNC(=O)c1ccc(CN(C)[C@@H](C)C(=O)N2CC(=O)Nc3ccccc32)cc1. The summed E-state index contributed by atoms with van der Waals surface area (Å²) in [5, 5.41) is 5.38. The minimum absolute atomic E-state index is 0.00878. The highest BCUT2D eigenvalue weighted by molar-refractivity contribution is 6.11. The van der Waals surface area contributed by atoms with E-state index in [4.69, 9.17) is 0 Å². The Kier molecular flexibility index (Phi) is 5.75. The molecule has 0 spiro atoms. The molecule has 0 unspecified atom stereocenters. The zero-order valence-corrected chi connectivity index (χ0v) is 16.2. The fourth-order valence-corrected chi connectivity index (χ4v) is 3.17. The summed E-state index contributed by atoms with van der Waals surface area (Å²) in [7, 11) is 3.46. The summed E-state index contributed by atoms with van der Waals surface area (Å²) in [4.78, 5) is 40.2. The fraction of sp³-hybridized carbons (Fsp3) is 0.286. The van der Waals surface area contributed by atoms with Crippen LogP contribution in [0.4, 0.5) is 11.4 Å². The molecule has 1 heterocycles. The first-order chi connectivity index (χ1) is 13.4. The first-order valence-electron chi connectivity index (χ1n) is 9.12. The van der Waals surface area contributed by atoms with Crippen molar-refractivity contribution < 1.29 is 14.4 Å². The van der Waals surface area contributed by atoms with Gasteiger partial charge in [-0.3, -0.25) is 24.2 Å². The van der Waals surface area contributed by atoms with E-state index >= 15 is 0 Å². The largest absolute Gasteiger partial charge is 0.355 e. The molecule has 0 aromatic heterocycles. The van der Waals surface area contributed by atoms with Gasteiger partial charge in [0.2, 0.25) is 11.8 Å². The minimum Gasteiger partial charge on any atom is -0.355 e. The third-order valence-electron chi connectivity index (χ3n) is 4.93. The number of carbonyl (C=O) groups excluding carboxylic acids is 3. The molecule has 0 aliphatic carbocycles. The molecule has 1 atom stereocenters. The Balaban J connectivity index is 1.71. The fourth-order valence-electron chi connectivity index (χ4n) is 3.17. The number of benzene rings is 2. The van der Waals surface area contributed by atoms with Gasteiger partial charge in [-0.15, -0.1) is 0 Å². The Labute approximate surface area is 164 Å². The van der Waals surface area contributed by atoms with Crippen LogP contribution in [0.25, 0.3) is 0 Å². The standard InChI is InChI=1S/C21H24N4O3/c1-14(24(3)12-15-8-10-16(11-9-15)20(27)22-2)21(28)25-13-19(26)23-17-6-4-5-7-18(17)25/h4-11,14H,12-13H2,1-3H3,(H,22,27)(H,23,26)/t14-/m0/s1. The second kappa shape index (κ2) is 8.22. The summed E-state index contributed by atoms with van der Waals surface area (Å²) < 4.78 is 0. The predicted molar refractivity (Wildman–Crippen MR) is 108 cm³/mol. The van der Waals surface area contributed by atoms with Gasteiger partial charge in [0.25, 0.3) is 5.91 Å². The van der Waals surface area contributed by atoms with Crippen LogP contribution >= 0.6 is 0 Å². The average molecular weight is 380 g/mol. The van der Waals surface area contributed by atoms with E-state index in [1.807, 2.05) is 49.2 Å². The number of anilines is 2. The number of nitrogens with one attached hydrogen (secondary N) is 2. The van der Waals surface area contributed by atoms with E-state index in [1.54, 1.807) is 25.2 Å². The summed E-state index contributed by atoms with van der Waals surface area (Å²) in [5.74, 6) is -0.469. The number of likely N-dealkylation sites (N-methyl/N-ethyl adjacent to an activating group) is 1. The van der Waals surface area contributed by atoms with Crippen molar-refractivity contribution in [1.29, 1.82) is 0 Å². The summed E-state index contributed by atoms with van der Waals surface area (Å²) in [6, 6.07) is 14.1.